The van der Waals surface area contributed by atoms with E-state index in [1.807, 2.05) is 6.07 Å². The molecule has 0 saturated heterocycles. The summed E-state index contributed by atoms with van der Waals surface area (Å²) in [5, 5.41) is 12.5. The summed E-state index contributed by atoms with van der Waals surface area (Å²) in [6, 6.07) is 10.4. The minimum absolute atomic E-state index is 0.0221. The Labute approximate surface area is 110 Å². The van der Waals surface area contributed by atoms with Gasteiger partial charge in [-0.3, -0.25) is 14.9 Å². The maximum absolute atomic E-state index is 11.5. The molecule has 5 nitrogen and oxygen atoms in total. The van der Waals surface area contributed by atoms with Crippen LogP contribution in [0.2, 0.25) is 0 Å². The number of carbonyl (C=O) groups is 1. The topological polar surface area (TPSA) is 69.4 Å². The van der Waals surface area contributed by atoms with E-state index in [0.29, 0.717) is 10.9 Å². The van der Waals surface area contributed by atoms with Gasteiger partial charge in [0.25, 0.3) is 5.69 Å². The first-order chi connectivity index (χ1) is 9.13. The first-order valence-electron chi connectivity index (χ1n) is 5.94. The zero-order chi connectivity index (χ0) is 13.8. The molecule has 0 aliphatic rings. The van der Waals surface area contributed by atoms with E-state index in [9.17, 15) is 14.9 Å². The quantitative estimate of drug-likeness (QED) is 0.481. The van der Waals surface area contributed by atoms with Gasteiger partial charge in [0, 0.05) is 5.56 Å². The maximum Gasteiger partial charge on any atom is 0.310 e. The average molecular weight is 259 g/mol. The summed E-state index contributed by atoms with van der Waals surface area (Å²) in [5.74, 6) is -0.458. The Morgan fingerprint density at radius 3 is 2.68 bits per heavy atom. The van der Waals surface area contributed by atoms with E-state index in [4.69, 9.17) is 4.74 Å². The molecule has 0 atom stereocenters. The van der Waals surface area contributed by atoms with E-state index < -0.39 is 10.9 Å². The summed E-state index contributed by atoms with van der Waals surface area (Å²) in [7, 11) is 0. The third-order valence-electron chi connectivity index (χ3n) is 2.81. The number of rotatable bonds is 4. The molecule has 5 heteroatoms. The molecule has 0 aromatic heterocycles. The van der Waals surface area contributed by atoms with Gasteiger partial charge in [0.1, 0.15) is 0 Å². The fourth-order valence-corrected chi connectivity index (χ4v) is 2.03. The molecule has 98 valence electrons. The van der Waals surface area contributed by atoms with E-state index in [1.165, 1.54) is 0 Å². The fraction of sp³-hybridized carbons (Fsp3) is 0.214. The van der Waals surface area contributed by atoms with Crippen molar-refractivity contribution in [2.24, 2.45) is 0 Å². The highest BCUT2D eigenvalue weighted by atomic mass is 16.6. The van der Waals surface area contributed by atoms with Crippen molar-refractivity contribution in [2.45, 2.75) is 13.3 Å². The minimum atomic E-state index is -0.458. The van der Waals surface area contributed by atoms with Gasteiger partial charge in [-0.15, -0.1) is 0 Å². The van der Waals surface area contributed by atoms with E-state index in [1.54, 1.807) is 37.3 Å². The van der Waals surface area contributed by atoms with E-state index in [-0.39, 0.29) is 18.7 Å². The van der Waals surface area contributed by atoms with Crippen molar-refractivity contribution in [3.8, 4) is 0 Å². The molecular weight excluding hydrogens is 246 g/mol. The number of ether oxygens (including phenoxy) is 1. The number of nitrogens with zero attached hydrogens (tertiary/aromatic N) is 1. The molecule has 0 N–H and O–H groups in total. The van der Waals surface area contributed by atoms with Crippen LogP contribution in [0.1, 0.15) is 12.5 Å². The van der Waals surface area contributed by atoms with Crippen molar-refractivity contribution in [3.63, 3.8) is 0 Å². The Kier molecular flexibility index (Phi) is 3.75. The highest BCUT2D eigenvalue weighted by Crippen LogP contribution is 2.29. The van der Waals surface area contributed by atoms with Gasteiger partial charge < -0.3 is 4.74 Å². The lowest BCUT2D eigenvalue weighted by Crippen LogP contribution is -2.09. The molecule has 0 heterocycles. The third-order valence-corrected chi connectivity index (χ3v) is 2.81. The van der Waals surface area contributed by atoms with Crippen molar-refractivity contribution >= 4 is 22.4 Å². The summed E-state index contributed by atoms with van der Waals surface area (Å²) in [6.07, 6.45) is -0.0883. The standard InChI is InChI=1S/C14H13NO4/c1-2-19-13(16)9-11-8-7-10-5-3-4-6-12(10)14(11)15(17)18/h3-8H,2,9H2,1H3. The van der Waals surface area contributed by atoms with Crippen LogP contribution >= 0.6 is 0 Å². The van der Waals surface area contributed by atoms with Gasteiger partial charge >= 0.3 is 5.97 Å². The zero-order valence-electron chi connectivity index (χ0n) is 10.5. The van der Waals surface area contributed by atoms with Crippen LogP contribution in [-0.2, 0) is 16.0 Å². The number of nitro groups is 1. The van der Waals surface area contributed by atoms with Crippen molar-refractivity contribution in [1.29, 1.82) is 0 Å². The molecule has 2 aromatic carbocycles. The van der Waals surface area contributed by atoms with Crippen molar-refractivity contribution in [3.05, 3.63) is 52.1 Å². The predicted octanol–water partition coefficient (Wildman–Crippen LogP) is 2.85. The summed E-state index contributed by atoms with van der Waals surface area (Å²) in [4.78, 5) is 22.3. The van der Waals surface area contributed by atoms with E-state index in [2.05, 4.69) is 0 Å². The van der Waals surface area contributed by atoms with Gasteiger partial charge in [-0.25, -0.2) is 0 Å². The SMILES string of the molecule is CCOC(=O)Cc1ccc2ccccc2c1[N+](=O)[O-]. The second-order valence-corrected chi connectivity index (χ2v) is 4.03. The van der Waals surface area contributed by atoms with Crippen molar-refractivity contribution in [2.75, 3.05) is 6.61 Å². The Balaban J connectivity index is 2.52. The molecule has 2 aromatic rings. The van der Waals surface area contributed by atoms with Gasteiger partial charge in [-0.2, -0.15) is 0 Å². The minimum Gasteiger partial charge on any atom is -0.466 e. The predicted molar refractivity (Wildman–Crippen MR) is 70.9 cm³/mol. The molecule has 0 bridgehead atoms. The Morgan fingerprint density at radius 2 is 2.00 bits per heavy atom. The second-order valence-electron chi connectivity index (χ2n) is 4.03. The molecule has 0 spiro atoms. The molecule has 0 radical (unpaired) electrons. The van der Waals surface area contributed by atoms with Crippen LogP contribution < -0.4 is 0 Å². The Bertz CT molecular complexity index is 636. The summed E-state index contributed by atoms with van der Waals surface area (Å²) in [5.41, 5.74) is 0.355. The molecule has 2 rings (SSSR count). The van der Waals surface area contributed by atoms with Crippen LogP contribution in [0.5, 0.6) is 0 Å². The monoisotopic (exact) mass is 259 g/mol. The van der Waals surface area contributed by atoms with Crippen LogP contribution in [0.4, 0.5) is 5.69 Å². The maximum atomic E-state index is 11.5. The highest BCUT2D eigenvalue weighted by molar-refractivity contribution is 5.93. The van der Waals surface area contributed by atoms with Gasteiger partial charge in [0.2, 0.25) is 0 Å². The third kappa shape index (κ3) is 2.70. The molecule has 0 saturated carbocycles. The lowest BCUT2D eigenvalue weighted by molar-refractivity contribution is -0.383. The number of hydrogen-bond donors (Lipinski definition) is 0. The van der Waals surface area contributed by atoms with Crippen LogP contribution in [-0.4, -0.2) is 17.5 Å². The van der Waals surface area contributed by atoms with Crippen molar-refractivity contribution in [1.82, 2.24) is 0 Å². The Hall–Kier alpha value is -2.43. The number of nitro benzene ring substituents is 1. The number of hydrogen-bond acceptors (Lipinski definition) is 4. The summed E-state index contributed by atoms with van der Waals surface area (Å²) in [6.45, 7) is 1.97. The zero-order valence-corrected chi connectivity index (χ0v) is 10.5. The smallest absolute Gasteiger partial charge is 0.310 e. The van der Waals surface area contributed by atoms with E-state index in [0.717, 1.165) is 5.39 Å². The van der Waals surface area contributed by atoms with Gasteiger partial charge in [0.05, 0.1) is 23.3 Å². The second kappa shape index (κ2) is 5.48. The molecular formula is C14H13NO4. The molecule has 0 amide bonds. The molecule has 19 heavy (non-hydrogen) atoms. The number of carbonyl (C=O) groups excluding carboxylic acids is 1. The highest BCUT2D eigenvalue weighted by Gasteiger charge is 2.20. The van der Waals surface area contributed by atoms with Crippen LogP contribution in [0.25, 0.3) is 10.8 Å². The van der Waals surface area contributed by atoms with Crippen LogP contribution in [0.15, 0.2) is 36.4 Å². The molecule has 0 aliphatic heterocycles. The molecule has 0 unspecified atom stereocenters. The fourth-order valence-electron chi connectivity index (χ4n) is 2.03. The Morgan fingerprint density at radius 1 is 1.26 bits per heavy atom. The first-order valence-corrected chi connectivity index (χ1v) is 5.94. The largest absolute Gasteiger partial charge is 0.466 e. The van der Waals surface area contributed by atoms with Crippen LogP contribution in [0, 0.1) is 10.1 Å². The molecule has 0 aliphatic carbocycles. The van der Waals surface area contributed by atoms with Gasteiger partial charge in [0.15, 0.2) is 0 Å². The van der Waals surface area contributed by atoms with Gasteiger partial charge in [-0.1, -0.05) is 30.3 Å². The summed E-state index contributed by atoms with van der Waals surface area (Å²) < 4.78 is 4.83. The summed E-state index contributed by atoms with van der Waals surface area (Å²) >= 11 is 0. The van der Waals surface area contributed by atoms with Crippen molar-refractivity contribution < 1.29 is 14.5 Å². The normalized spacial score (nSPS) is 10.4. The van der Waals surface area contributed by atoms with Gasteiger partial charge in [-0.05, 0) is 18.4 Å². The number of fused-ring (bicyclic) bond motifs is 1. The first kappa shape index (κ1) is 13.0. The average Bonchev–Trinajstić information content (AvgIpc) is 2.38. The lowest BCUT2D eigenvalue weighted by Gasteiger charge is -2.06. The van der Waals surface area contributed by atoms with Crippen LogP contribution in [0.3, 0.4) is 0 Å². The van der Waals surface area contributed by atoms with E-state index >= 15 is 0 Å². The number of benzene rings is 2. The lowest BCUT2D eigenvalue weighted by atomic mass is 10.0. The number of esters is 1. The molecule has 0 fully saturated rings.